The smallest absolute Gasteiger partial charge is 0.141 e. The second-order valence-electron chi connectivity index (χ2n) is 4.30. The summed E-state index contributed by atoms with van der Waals surface area (Å²) in [5, 5.41) is 10.2. The summed E-state index contributed by atoms with van der Waals surface area (Å²) in [4.78, 5) is 11.6. The first-order chi connectivity index (χ1) is 9.33. The van der Waals surface area contributed by atoms with E-state index in [-0.39, 0.29) is 0 Å². The van der Waals surface area contributed by atoms with Gasteiger partial charge in [0.05, 0.1) is 17.3 Å². The molecule has 2 aromatic heterocycles. The van der Waals surface area contributed by atoms with Crippen LogP contribution in [0.15, 0.2) is 36.8 Å². The molecule has 0 saturated heterocycles. The highest BCUT2D eigenvalue weighted by molar-refractivity contribution is 5.90. The van der Waals surface area contributed by atoms with Gasteiger partial charge in [0.1, 0.15) is 12.0 Å². The maximum Gasteiger partial charge on any atom is 0.141 e. The molecule has 0 radical (unpaired) electrons. The summed E-state index contributed by atoms with van der Waals surface area (Å²) in [6.07, 6.45) is 4.23. The van der Waals surface area contributed by atoms with Crippen molar-refractivity contribution in [3.05, 3.63) is 47.9 Å². The van der Waals surface area contributed by atoms with Crippen molar-refractivity contribution in [2.24, 2.45) is 0 Å². The lowest BCUT2D eigenvalue weighted by molar-refractivity contribution is 1.13. The number of rotatable bonds is 2. The molecule has 0 aliphatic heterocycles. The summed E-state index contributed by atoms with van der Waals surface area (Å²) in [6, 6.07) is 10.1. The van der Waals surface area contributed by atoms with Crippen molar-refractivity contribution >= 4 is 11.0 Å². The molecule has 19 heavy (non-hydrogen) atoms. The number of aryl methyl sites for hydroxylation is 1. The molecule has 0 spiro atoms. The third kappa shape index (κ3) is 1.85. The summed E-state index contributed by atoms with van der Waals surface area (Å²) < 4.78 is 0. The van der Waals surface area contributed by atoms with Gasteiger partial charge in [-0.2, -0.15) is 5.26 Å². The summed E-state index contributed by atoms with van der Waals surface area (Å²) in [5.41, 5.74) is 4.38. The number of nitrogens with zero attached hydrogens (tertiary/aromatic N) is 3. The second-order valence-corrected chi connectivity index (χ2v) is 4.30. The van der Waals surface area contributed by atoms with E-state index in [1.165, 1.54) is 6.33 Å². The van der Waals surface area contributed by atoms with Crippen LogP contribution in [0, 0.1) is 11.3 Å². The number of benzene rings is 1. The van der Waals surface area contributed by atoms with Crippen molar-refractivity contribution in [1.29, 1.82) is 5.26 Å². The predicted octanol–water partition coefficient (Wildman–Crippen LogP) is 3.06. The van der Waals surface area contributed by atoms with Crippen LogP contribution in [0.1, 0.15) is 18.1 Å². The first-order valence-electron chi connectivity index (χ1n) is 6.15. The number of hydrogen-bond acceptors (Lipinski definition) is 3. The Balaban J connectivity index is 2.22. The molecule has 3 aromatic rings. The highest BCUT2D eigenvalue weighted by Gasteiger charge is 2.09. The van der Waals surface area contributed by atoms with Crippen LogP contribution in [0.2, 0.25) is 0 Å². The van der Waals surface area contributed by atoms with Crippen molar-refractivity contribution in [3.8, 4) is 17.3 Å². The van der Waals surface area contributed by atoms with Gasteiger partial charge < -0.3 is 4.98 Å². The van der Waals surface area contributed by atoms with E-state index < -0.39 is 0 Å². The molecule has 0 aliphatic rings. The largest absolute Gasteiger partial charge is 0.346 e. The van der Waals surface area contributed by atoms with Crippen LogP contribution in [0.5, 0.6) is 0 Å². The minimum absolute atomic E-state index is 0.710. The minimum Gasteiger partial charge on any atom is -0.346 e. The standard InChI is InChI=1S/C15H12N4/c1-2-10-3-4-11(7-12(10)8-16)14-13-5-6-17-15(13)19-9-18-14/h3-7,9H,2H2,1H3,(H,17,18,19). The molecule has 92 valence electrons. The molecule has 0 atom stereocenters. The Kier molecular flexibility index (Phi) is 2.73. The zero-order valence-electron chi connectivity index (χ0n) is 10.5. The number of nitrogens with one attached hydrogen (secondary N) is 1. The van der Waals surface area contributed by atoms with E-state index in [2.05, 4.69) is 21.0 Å². The SMILES string of the molecule is CCc1ccc(-c2ncnc3[nH]ccc23)cc1C#N. The molecule has 1 N–H and O–H groups in total. The molecule has 0 amide bonds. The maximum atomic E-state index is 9.21. The Bertz CT molecular complexity index is 780. The van der Waals surface area contributed by atoms with Gasteiger partial charge in [0, 0.05) is 17.1 Å². The molecule has 0 saturated carbocycles. The van der Waals surface area contributed by atoms with E-state index in [9.17, 15) is 5.26 Å². The predicted molar refractivity (Wildman–Crippen MR) is 73.4 cm³/mol. The fraction of sp³-hybridized carbons (Fsp3) is 0.133. The molecular weight excluding hydrogens is 236 g/mol. The summed E-state index contributed by atoms with van der Waals surface area (Å²) >= 11 is 0. The van der Waals surface area contributed by atoms with Crippen LogP contribution in [0.4, 0.5) is 0 Å². The van der Waals surface area contributed by atoms with Gasteiger partial charge in [-0.25, -0.2) is 9.97 Å². The van der Waals surface area contributed by atoms with E-state index in [0.29, 0.717) is 5.56 Å². The molecule has 0 aliphatic carbocycles. The Morgan fingerprint density at radius 2 is 2.16 bits per heavy atom. The lowest BCUT2D eigenvalue weighted by Crippen LogP contribution is -1.91. The Morgan fingerprint density at radius 3 is 2.95 bits per heavy atom. The first kappa shape index (κ1) is 11.4. The van der Waals surface area contributed by atoms with Gasteiger partial charge in [-0.1, -0.05) is 19.1 Å². The fourth-order valence-electron chi connectivity index (χ4n) is 2.24. The summed E-state index contributed by atoms with van der Waals surface area (Å²) in [6.45, 7) is 2.05. The normalized spacial score (nSPS) is 10.5. The molecule has 4 heteroatoms. The lowest BCUT2D eigenvalue weighted by atomic mass is 10.0. The van der Waals surface area contributed by atoms with Gasteiger partial charge in [0.2, 0.25) is 0 Å². The van der Waals surface area contributed by atoms with Gasteiger partial charge in [0.15, 0.2) is 0 Å². The summed E-state index contributed by atoms with van der Waals surface area (Å²) in [7, 11) is 0. The molecule has 0 unspecified atom stereocenters. The van der Waals surface area contributed by atoms with Crippen molar-refractivity contribution in [2.45, 2.75) is 13.3 Å². The van der Waals surface area contributed by atoms with Crippen LogP contribution < -0.4 is 0 Å². The number of fused-ring (bicyclic) bond motifs is 1. The summed E-state index contributed by atoms with van der Waals surface area (Å²) in [5.74, 6) is 0. The number of aromatic nitrogens is 3. The van der Waals surface area contributed by atoms with Crippen LogP contribution in [0.3, 0.4) is 0 Å². The third-order valence-corrected chi connectivity index (χ3v) is 3.24. The quantitative estimate of drug-likeness (QED) is 0.758. The van der Waals surface area contributed by atoms with Crippen molar-refractivity contribution < 1.29 is 0 Å². The average Bonchev–Trinajstić information content (AvgIpc) is 2.94. The monoisotopic (exact) mass is 248 g/mol. The highest BCUT2D eigenvalue weighted by Crippen LogP contribution is 2.26. The number of nitriles is 1. The van der Waals surface area contributed by atoms with Gasteiger partial charge >= 0.3 is 0 Å². The zero-order chi connectivity index (χ0) is 13.2. The Morgan fingerprint density at radius 1 is 1.26 bits per heavy atom. The van der Waals surface area contributed by atoms with Crippen LogP contribution in [-0.4, -0.2) is 15.0 Å². The molecule has 4 nitrogen and oxygen atoms in total. The number of H-pyrrole nitrogens is 1. The molecule has 2 heterocycles. The molecule has 3 rings (SSSR count). The molecular formula is C15H12N4. The van der Waals surface area contributed by atoms with E-state index in [4.69, 9.17) is 0 Å². The third-order valence-electron chi connectivity index (χ3n) is 3.24. The van der Waals surface area contributed by atoms with Gasteiger partial charge in [-0.15, -0.1) is 0 Å². The van der Waals surface area contributed by atoms with Crippen molar-refractivity contribution in [2.75, 3.05) is 0 Å². The van der Waals surface area contributed by atoms with E-state index in [0.717, 1.165) is 34.3 Å². The second kappa shape index (κ2) is 4.54. The Labute approximate surface area is 110 Å². The molecule has 0 bridgehead atoms. The van der Waals surface area contributed by atoms with Gasteiger partial charge in [0.25, 0.3) is 0 Å². The van der Waals surface area contributed by atoms with E-state index in [1.807, 2.05) is 37.4 Å². The van der Waals surface area contributed by atoms with Gasteiger partial charge in [-0.05, 0) is 24.1 Å². The molecule has 1 aromatic carbocycles. The van der Waals surface area contributed by atoms with Crippen LogP contribution in [-0.2, 0) is 6.42 Å². The van der Waals surface area contributed by atoms with Crippen molar-refractivity contribution in [3.63, 3.8) is 0 Å². The number of hydrogen-bond donors (Lipinski definition) is 1. The maximum absolute atomic E-state index is 9.21. The Hall–Kier alpha value is -2.67. The number of aromatic amines is 1. The van der Waals surface area contributed by atoms with Crippen LogP contribution in [0.25, 0.3) is 22.3 Å². The van der Waals surface area contributed by atoms with Gasteiger partial charge in [-0.3, -0.25) is 0 Å². The highest BCUT2D eigenvalue weighted by atomic mass is 14.9. The fourth-order valence-corrected chi connectivity index (χ4v) is 2.24. The molecule has 0 fully saturated rings. The minimum atomic E-state index is 0.710. The zero-order valence-corrected chi connectivity index (χ0v) is 10.5. The van der Waals surface area contributed by atoms with Crippen LogP contribution >= 0.6 is 0 Å². The van der Waals surface area contributed by atoms with E-state index >= 15 is 0 Å². The topological polar surface area (TPSA) is 65.4 Å². The average molecular weight is 248 g/mol. The lowest BCUT2D eigenvalue weighted by Gasteiger charge is -2.05. The van der Waals surface area contributed by atoms with E-state index in [1.54, 1.807) is 0 Å². The first-order valence-corrected chi connectivity index (χ1v) is 6.15. The van der Waals surface area contributed by atoms with Crippen molar-refractivity contribution in [1.82, 2.24) is 15.0 Å².